The van der Waals surface area contributed by atoms with Gasteiger partial charge in [0.25, 0.3) is 5.56 Å². The van der Waals surface area contributed by atoms with Crippen LogP contribution in [0.25, 0.3) is 21.9 Å². The molecule has 0 amide bonds. The third kappa shape index (κ3) is 3.56. The van der Waals surface area contributed by atoms with Crippen molar-refractivity contribution in [2.24, 2.45) is 0 Å². The predicted octanol–water partition coefficient (Wildman–Crippen LogP) is 3.11. The molecule has 2 aliphatic heterocycles. The second-order valence-electron chi connectivity index (χ2n) is 8.84. The monoisotopic (exact) mass is 527 g/mol. The van der Waals surface area contributed by atoms with Crippen molar-refractivity contribution < 1.29 is 18.9 Å². The van der Waals surface area contributed by atoms with Crippen molar-refractivity contribution in [2.45, 2.75) is 44.2 Å². The summed E-state index contributed by atoms with van der Waals surface area (Å²) in [6.07, 6.45) is 1.48. The lowest BCUT2D eigenvalue weighted by Gasteiger charge is -2.25. The van der Waals surface area contributed by atoms with E-state index in [9.17, 15) is 4.79 Å². The summed E-state index contributed by atoms with van der Waals surface area (Å²) in [5.41, 5.74) is 6.97. The summed E-state index contributed by atoms with van der Waals surface area (Å²) < 4.78 is 27.4. The highest BCUT2D eigenvalue weighted by atomic mass is 79.9. The lowest BCUT2D eigenvalue weighted by atomic mass is 10.1. The molecular weight excluding hydrogens is 506 g/mol. The number of aromatic nitrogens is 4. The number of anilines is 1. The molecule has 4 aromatic rings. The number of rotatable bonds is 4. The van der Waals surface area contributed by atoms with Gasteiger partial charge in [-0.15, -0.1) is 0 Å². The van der Waals surface area contributed by atoms with Crippen molar-refractivity contribution in [1.82, 2.24) is 19.5 Å². The Morgan fingerprint density at radius 3 is 2.91 bits per heavy atom. The molecule has 4 atom stereocenters. The van der Waals surface area contributed by atoms with E-state index in [2.05, 4.69) is 30.9 Å². The fourth-order valence-corrected chi connectivity index (χ4v) is 4.94. The summed E-state index contributed by atoms with van der Waals surface area (Å²) in [6, 6.07) is 9.28. The Kier molecular flexibility index (Phi) is 4.92. The second-order valence-corrected chi connectivity index (χ2v) is 9.70. The molecule has 0 bridgehead atoms. The first-order valence-corrected chi connectivity index (χ1v) is 11.6. The van der Waals surface area contributed by atoms with E-state index in [-0.39, 0.29) is 18.3 Å². The quantitative estimate of drug-likeness (QED) is 0.414. The lowest BCUT2D eigenvalue weighted by molar-refractivity contribution is -0.198. The molecule has 0 unspecified atom stereocenters. The molecule has 1 aromatic carbocycles. The summed E-state index contributed by atoms with van der Waals surface area (Å²) in [4.78, 5) is 23.5. The highest BCUT2D eigenvalue weighted by Crippen LogP contribution is 2.44. The van der Waals surface area contributed by atoms with Crippen molar-refractivity contribution in [3.8, 4) is 5.75 Å². The van der Waals surface area contributed by atoms with E-state index in [1.807, 2.05) is 42.7 Å². The summed E-state index contributed by atoms with van der Waals surface area (Å²) >= 11 is 3.40. The molecule has 34 heavy (non-hydrogen) atoms. The second kappa shape index (κ2) is 7.77. The van der Waals surface area contributed by atoms with Crippen molar-refractivity contribution in [1.29, 1.82) is 0 Å². The van der Waals surface area contributed by atoms with Crippen LogP contribution in [0, 0.1) is 0 Å². The Morgan fingerprint density at radius 2 is 2.06 bits per heavy atom. The van der Waals surface area contributed by atoms with Crippen LogP contribution in [0.1, 0.15) is 20.1 Å². The Balaban J connectivity index is 1.27. The number of pyridine rings is 1. The topological polar surface area (TPSA) is 127 Å². The smallest absolute Gasteiger partial charge is 0.260 e. The molecule has 0 saturated carbocycles. The van der Waals surface area contributed by atoms with Crippen molar-refractivity contribution >= 4 is 43.7 Å². The van der Waals surface area contributed by atoms with Crippen LogP contribution in [0.5, 0.6) is 5.75 Å². The average molecular weight is 528 g/mol. The summed E-state index contributed by atoms with van der Waals surface area (Å²) in [6.45, 7) is 3.98. The van der Waals surface area contributed by atoms with Gasteiger partial charge >= 0.3 is 0 Å². The van der Waals surface area contributed by atoms with Crippen molar-refractivity contribution in [3.05, 3.63) is 57.7 Å². The number of H-pyrrole nitrogens is 1. The molecule has 2 aliphatic rings. The maximum atomic E-state index is 12.2. The van der Waals surface area contributed by atoms with Gasteiger partial charge in [-0.25, -0.2) is 9.97 Å². The van der Waals surface area contributed by atoms with Gasteiger partial charge in [0.1, 0.15) is 42.1 Å². The Bertz CT molecular complexity index is 1470. The molecule has 0 radical (unpaired) electrons. The fraction of sp³-hybridized carbons (Fsp3) is 0.348. The summed E-state index contributed by atoms with van der Waals surface area (Å²) in [5.74, 6) is 0.282. The first-order chi connectivity index (χ1) is 16.3. The molecule has 11 heteroatoms. The third-order valence-electron chi connectivity index (χ3n) is 6.10. The first kappa shape index (κ1) is 21.5. The van der Waals surface area contributed by atoms with Crippen LogP contribution in [-0.2, 0) is 14.2 Å². The van der Waals surface area contributed by atoms with Crippen LogP contribution in [0.3, 0.4) is 0 Å². The number of aromatic amines is 1. The average Bonchev–Trinajstić information content (AvgIpc) is 3.45. The zero-order valence-electron chi connectivity index (χ0n) is 18.4. The van der Waals surface area contributed by atoms with Gasteiger partial charge < -0.3 is 34.2 Å². The predicted molar refractivity (Wildman–Crippen MR) is 127 cm³/mol. The van der Waals surface area contributed by atoms with E-state index in [4.69, 9.17) is 24.7 Å². The number of nitrogens with two attached hydrogens (primary N) is 1. The highest BCUT2D eigenvalue weighted by Gasteiger charge is 2.56. The Morgan fingerprint density at radius 1 is 1.24 bits per heavy atom. The first-order valence-electron chi connectivity index (χ1n) is 10.8. The number of nitrogen functional groups attached to an aromatic ring is 1. The van der Waals surface area contributed by atoms with Gasteiger partial charge in [0.15, 0.2) is 12.0 Å². The standard InChI is InChI=1S/C23H22BrN5O5/c1-23(2)33-17-16(9-31-12-4-3-11-7-14(24)19(25)28-15(11)8-12)32-22(18(17)34-23)29-6-5-13-20(29)26-10-27-21(13)30/h3-8,10,16-18,22H,9H2,1-2H3,(H2,25,28)(H,26,27,30)/t16-,17-,18-,22-/m1/s1. The zero-order valence-corrected chi connectivity index (χ0v) is 20.0. The normalized spacial score (nSPS) is 25.7. The summed E-state index contributed by atoms with van der Waals surface area (Å²) in [5, 5.41) is 1.43. The van der Waals surface area contributed by atoms with Crippen LogP contribution < -0.4 is 16.0 Å². The minimum absolute atomic E-state index is 0.209. The van der Waals surface area contributed by atoms with E-state index in [0.29, 0.717) is 22.6 Å². The maximum absolute atomic E-state index is 12.2. The molecule has 6 rings (SSSR count). The van der Waals surface area contributed by atoms with Gasteiger partial charge in [0.05, 0.1) is 21.7 Å². The molecule has 176 valence electrons. The van der Waals surface area contributed by atoms with E-state index in [1.54, 1.807) is 12.3 Å². The minimum atomic E-state index is -0.777. The van der Waals surface area contributed by atoms with E-state index in [1.165, 1.54) is 6.33 Å². The number of halogens is 1. The van der Waals surface area contributed by atoms with Crippen LogP contribution in [0.15, 0.2) is 52.1 Å². The maximum Gasteiger partial charge on any atom is 0.260 e. The van der Waals surface area contributed by atoms with Crippen molar-refractivity contribution in [3.63, 3.8) is 0 Å². The van der Waals surface area contributed by atoms with Crippen LogP contribution in [0.2, 0.25) is 0 Å². The molecule has 2 saturated heterocycles. The molecule has 10 nitrogen and oxygen atoms in total. The number of hydrogen-bond acceptors (Lipinski definition) is 8. The van der Waals surface area contributed by atoms with Gasteiger partial charge in [0, 0.05) is 17.6 Å². The highest BCUT2D eigenvalue weighted by molar-refractivity contribution is 9.10. The van der Waals surface area contributed by atoms with E-state index in [0.717, 1.165) is 15.4 Å². The van der Waals surface area contributed by atoms with Gasteiger partial charge in [-0.1, -0.05) is 0 Å². The molecule has 0 spiro atoms. The number of ether oxygens (including phenoxy) is 4. The van der Waals surface area contributed by atoms with Gasteiger partial charge in [-0.3, -0.25) is 4.79 Å². The van der Waals surface area contributed by atoms with Crippen LogP contribution in [-0.4, -0.2) is 50.2 Å². The number of benzene rings is 1. The molecular formula is C23H22BrN5O5. The molecule has 0 aliphatic carbocycles. The third-order valence-corrected chi connectivity index (χ3v) is 6.73. The molecule has 3 aromatic heterocycles. The number of nitrogens with one attached hydrogen (secondary N) is 1. The lowest BCUT2D eigenvalue weighted by Crippen LogP contribution is -2.33. The zero-order chi connectivity index (χ0) is 23.6. The molecule has 3 N–H and O–H groups in total. The number of hydrogen-bond donors (Lipinski definition) is 2. The number of fused-ring (bicyclic) bond motifs is 3. The largest absolute Gasteiger partial charge is 0.491 e. The van der Waals surface area contributed by atoms with Gasteiger partial charge in [-0.2, -0.15) is 0 Å². The van der Waals surface area contributed by atoms with E-state index < -0.39 is 24.2 Å². The molecule has 2 fully saturated rings. The van der Waals surface area contributed by atoms with Crippen LogP contribution >= 0.6 is 15.9 Å². The molecule has 5 heterocycles. The number of nitrogens with zero attached hydrogens (tertiary/aromatic N) is 3. The van der Waals surface area contributed by atoms with E-state index >= 15 is 0 Å². The minimum Gasteiger partial charge on any atom is -0.491 e. The fourth-order valence-electron chi connectivity index (χ4n) is 4.61. The van der Waals surface area contributed by atoms with Crippen LogP contribution in [0.4, 0.5) is 5.82 Å². The Labute approximate surface area is 202 Å². The van der Waals surface area contributed by atoms with Crippen molar-refractivity contribution in [2.75, 3.05) is 12.3 Å². The summed E-state index contributed by atoms with van der Waals surface area (Å²) in [7, 11) is 0. The van der Waals surface area contributed by atoms with Gasteiger partial charge in [0.2, 0.25) is 0 Å². The van der Waals surface area contributed by atoms with Gasteiger partial charge in [-0.05, 0) is 54.0 Å². The SMILES string of the molecule is CC1(C)O[C@@H]2[C@H](O1)[C@@H](COc1ccc3cc(Br)c(N)nc3c1)O[C@H]2n1ccc2c(=O)[nH]cnc21. The Hall–Kier alpha value is -2.99.